The molecule has 1 N–H and O–H groups in total. The highest BCUT2D eigenvalue weighted by molar-refractivity contribution is 7.91. The summed E-state index contributed by atoms with van der Waals surface area (Å²) in [6.45, 7) is 6.14. The summed E-state index contributed by atoms with van der Waals surface area (Å²) in [7, 11) is -2.01. The smallest absolute Gasteiger partial charge is 0.250 e. The molecule has 8 heteroatoms. The van der Waals surface area contributed by atoms with Gasteiger partial charge in [0.25, 0.3) is 10.0 Å². The van der Waals surface area contributed by atoms with Crippen molar-refractivity contribution in [3.63, 3.8) is 0 Å². The number of sulfonamides is 1. The summed E-state index contributed by atoms with van der Waals surface area (Å²) in [5.74, 6) is 1.28. The highest BCUT2D eigenvalue weighted by atomic mass is 32.2. The van der Waals surface area contributed by atoms with Gasteiger partial charge in [0.2, 0.25) is 0 Å². The predicted molar refractivity (Wildman–Crippen MR) is 116 cm³/mol. The maximum atomic E-state index is 12.8. The van der Waals surface area contributed by atoms with Gasteiger partial charge in [0.15, 0.2) is 0 Å². The molecule has 0 bridgehead atoms. The van der Waals surface area contributed by atoms with Crippen LogP contribution in [-0.4, -0.2) is 20.5 Å². The fourth-order valence-corrected chi connectivity index (χ4v) is 6.08. The van der Waals surface area contributed by atoms with Crippen molar-refractivity contribution in [2.75, 3.05) is 7.11 Å². The summed E-state index contributed by atoms with van der Waals surface area (Å²) >= 11 is 2.77. The molecule has 0 saturated carbocycles. The van der Waals surface area contributed by atoms with Gasteiger partial charge in [-0.2, -0.15) is 0 Å². The van der Waals surface area contributed by atoms with E-state index < -0.39 is 10.0 Å². The molecule has 3 aromatic rings. The average molecular weight is 437 g/mol. The van der Waals surface area contributed by atoms with E-state index in [2.05, 4.69) is 23.6 Å². The van der Waals surface area contributed by atoms with Crippen LogP contribution >= 0.6 is 22.7 Å². The van der Waals surface area contributed by atoms with Gasteiger partial charge in [-0.3, -0.25) is 0 Å². The van der Waals surface area contributed by atoms with E-state index in [0.29, 0.717) is 10.1 Å². The van der Waals surface area contributed by atoms with Crippen molar-refractivity contribution in [2.45, 2.75) is 37.4 Å². The molecule has 2 heterocycles. The predicted octanol–water partition coefficient (Wildman–Crippen LogP) is 5.12. The lowest BCUT2D eigenvalue weighted by molar-refractivity contribution is 0.414. The Balaban J connectivity index is 1.74. The molecular weight excluding hydrogens is 412 g/mol. The van der Waals surface area contributed by atoms with Crippen molar-refractivity contribution in [1.82, 2.24) is 9.71 Å². The molecule has 3 rings (SSSR count). The highest BCUT2D eigenvalue weighted by Gasteiger charge is 2.21. The first-order valence-electron chi connectivity index (χ1n) is 8.98. The summed E-state index contributed by atoms with van der Waals surface area (Å²) in [5.41, 5.74) is 2.78. The standard InChI is InChI=1S/C20H24N2O3S3/c1-13(2)9-17-12-27-20(21-17)16-10-19(26-11-16)28(23,24)22-14(3)15-5-7-18(25-4)8-6-15/h5-8,10-14,22H,9H2,1-4H3. The topological polar surface area (TPSA) is 68.3 Å². The maximum Gasteiger partial charge on any atom is 0.250 e. The molecule has 0 aliphatic heterocycles. The van der Waals surface area contributed by atoms with Crippen molar-refractivity contribution >= 4 is 32.7 Å². The fraction of sp³-hybridized carbons (Fsp3) is 0.350. The van der Waals surface area contributed by atoms with Crippen molar-refractivity contribution in [2.24, 2.45) is 5.92 Å². The number of benzene rings is 1. The Kier molecular flexibility index (Phi) is 6.54. The van der Waals surface area contributed by atoms with Crippen LogP contribution in [0.25, 0.3) is 10.6 Å². The van der Waals surface area contributed by atoms with Crippen LogP contribution in [0, 0.1) is 5.92 Å². The second-order valence-electron chi connectivity index (χ2n) is 7.01. The molecule has 0 aliphatic carbocycles. The third-order valence-electron chi connectivity index (χ3n) is 4.20. The molecule has 150 valence electrons. The van der Waals surface area contributed by atoms with E-state index in [0.717, 1.165) is 34.0 Å². The number of ether oxygens (including phenoxy) is 1. The second kappa shape index (κ2) is 8.73. The Morgan fingerprint density at radius 2 is 1.82 bits per heavy atom. The number of thiazole rings is 1. The van der Waals surface area contributed by atoms with Gasteiger partial charge < -0.3 is 4.74 Å². The summed E-state index contributed by atoms with van der Waals surface area (Å²) in [6.07, 6.45) is 0.923. The average Bonchev–Trinajstić information content (AvgIpc) is 3.30. The van der Waals surface area contributed by atoms with Crippen molar-refractivity contribution < 1.29 is 13.2 Å². The third-order valence-corrected chi connectivity index (χ3v) is 8.12. The van der Waals surface area contributed by atoms with Gasteiger partial charge in [0.05, 0.1) is 12.8 Å². The summed E-state index contributed by atoms with van der Waals surface area (Å²) in [4.78, 5) is 4.64. The largest absolute Gasteiger partial charge is 0.497 e. The van der Waals surface area contributed by atoms with Crippen LogP contribution in [0.15, 0.2) is 45.3 Å². The molecule has 1 aromatic carbocycles. The number of hydrogen-bond acceptors (Lipinski definition) is 6. The SMILES string of the molecule is COc1ccc(C(C)NS(=O)(=O)c2cc(-c3nc(CC(C)C)cs3)cs2)cc1. The number of aromatic nitrogens is 1. The first-order chi connectivity index (χ1) is 13.3. The monoisotopic (exact) mass is 436 g/mol. The van der Waals surface area contributed by atoms with E-state index in [-0.39, 0.29) is 6.04 Å². The lowest BCUT2D eigenvalue weighted by Crippen LogP contribution is -2.26. The minimum Gasteiger partial charge on any atom is -0.497 e. The van der Waals surface area contributed by atoms with Crippen LogP contribution in [0.1, 0.15) is 38.1 Å². The highest BCUT2D eigenvalue weighted by Crippen LogP contribution is 2.32. The summed E-state index contributed by atoms with van der Waals surface area (Å²) in [5, 5.41) is 4.76. The Hall–Kier alpha value is -1.74. The van der Waals surface area contributed by atoms with Crippen molar-refractivity contribution in [3.05, 3.63) is 52.3 Å². The number of hydrogen-bond donors (Lipinski definition) is 1. The van der Waals surface area contributed by atoms with Crippen LogP contribution in [-0.2, 0) is 16.4 Å². The molecule has 0 spiro atoms. The van der Waals surface area contributed by atoms with Crippen LogP contribution < -0.4 is 9.46 Å². The van der Waals surface area contributed by atoms with E-state index >= 15 is 0 Å². The quantitative estimate of drug-likeness (QED) is 0.532. The van der Waals surface area contributed by atoms with E-state index in [4.69, 9.17) is 4.74 Å². The minimum atomic E-state index is -3.61. The first kappa shape index (κ1) is 21.0. The zero-order chi connectivity index (χ0) is 20.3. The summed E-state index contributed by atoms with van der Waals surface area (Å²) < 4.78 is 33.8. The maximum absolute atomic E-state index is 12.8. The van der Waals surface area contributed by atoms with Gasteiger partial charge in [0, 0.05) is 22.4 Å². The Morgan fingerprint density at radius 1 is 1.11 bits per heavy atom. The van der Waals surface area contributed by atoms with Crippen molar-refractivity contribution in [3.8, 4) is 16.3 Å². The van der Waals surface area contributed by atoms with Crippen LogP contribution in [0.4, 0.5) is 0 Å². The molecular formula is C20H24N2O3S3. The van der Waals surface area contributed by atoms with E-state index in [9.17, 15) is 8.42 Å². The molecule has 0 radical (unpaired) electrons. The Bertz CT molecular complexity index is 1020. The van der Waals surface area contributed by atoms with Gasteiger partial charge in [-0.1, -0.05) is 26.0 Å². The molecule has 0 amide bonds. The van der Waals surface area contributed by atoms with Gasteiger partial charge in [-0.25, -0.2) is 18.1 Å². The molecule has 0 saturated heterocycles. The number of rotatable bonds is 8. The number of nitrogens with zero attached hydrogens (tertiary/aromatic N) is 1. The van der Waals surface area contributed by atoms with Crippen LogP contribution in [0.5, 0.6) is 5.75 Å². The molecule has 1 atom stereocenters. The lowest BCUT2D eigenvalue weighted by Gasteiger charge is -2.14. The molecule has 5 nitrogen and oxygen atoms in total. The minimum absolute atomic E-state index is 0.295. The zero-order valence-corrected chi connectivity index (χ0v) is 18.7. The summed E-state index contributed by atoms with van der Waals surface area (Å²) in [6, 6.07) is 8.71. The molecule has 0 aliphatic rings. The molecule has 2 aromatic heterocycles. The van der Waals surface area contributed by atoms with E-state index in [1.165, 1.54) is 11.3 Å². The van der Waals surface area contributed by atoms with E-state index in [1.54, 1.807) is 24.5 Å². The normalized spacial score (nSPS) is 13.0. The van der Waals surface area contributed by atoms with Gasteiger partial charge in [-0.05, 0) is 43.0 Å². The Labute approximate surface area is 174 Å². The van der Waals surface area contributed by atoms with E-state index in [1.807, 2.05) is 41.9 Å². The van der Waals surface area contributed by atoms with Gasteiger partial charge >= 0.3 is 0 Å². The fourth-order valence-electron chi connectivity index (χ4n) is 2.77. The third kappa shape index (κ3) is 5.00. The molecule has 0 fully saturated rings. The first-order valence-corrected chi connectivity index (χ1v) is 12.2. The second-order valence-corrected chi connectivity index (χ2v) is 10.7. The molecule has 28 heavy (non-hydrogen) atoms. The van der Waals surface area contributed by atoms with Gasteiger partial charge in [-0.15, -0.1) is 22.7 Å². The lowest BCUT2D eigenvalue weighted by atomic mass is 10.1. The number of nitrogens with one attached hydrogen (secondary N) is 1. The molecule has 1 unspecified atom stereocenters. The Morgan fingerprint density at radius 3 is 2.46 bits per heavy atom. The number of thiophene rings is 1. The van der Waals surface area contributed by atoms with Crippen molar-refractivity contribution in [1.29, 1.82) is 0 Å². The van der Waals surface area contributed by atoms with Crippen LogP contribution in [0.3, 0.4) is 0 Å². The zero-order valence-electron chi connectivity index (χ0n) is 16.3. The number of methoxy groups -OCH3 is 1. The van der Waals surface area contributed by atoms with Gasteiger partial charge in [0.1, 0.15) is 15.0 Å². The van der Waals surface area contributed by atoms with Crippen LogP contribution in [0.2, 0.25) is 0 Å².